The zero-order chi connectivity index (χ0) is 13.8. The molecular weight excluding hydrogens is 251 g/mol. The van der Waals surface area contributed by atoms with Crippen LogP contribution in [0.15, 0.2) is 24.3 Å². The molecule has 2 rings (SSSR count). The first kappa shape index (κ1) is 13.5. The van der Waals surface area contributed by atoms with Crippen molar-refractivity contribution in [1.82, 2.24) is 5.32 Å². The topological polar surface area (TPSA) is 69.6 Å². The number of carboxylic acid groups (broad SMARTS) is 1. The fraction of sp³-hybridized carbons (Fsp3) is 0.385. The van der Waals surface area contributed by atoms with E-state index in [1.54, 1.807) is 18.2 Å². The Hall–Kier alpha value is -1.95. The molecular formula is C13H15FN2O3. The normalized spacial score (nSPS) is 19.5. The lowest BCUT2D eigenvalue weighted by Crippen LogP contribution is -2.54. The molecule has 1 atom stereocenters. The third kappa shape index (κ3) is 3.29. The number of hydrogen-bond acceptors (Lipinski definition) is 3. The molecule has 1 amide bonds. The molecule has 0 spiro atoms. The Balaban J connectivity index is 2.09. The molecule has 6 heteroatoms. The van der Waals surface area contributed by atoms with Gasteiger partial charge < -0.3 is 15.3 Å². The maximum Gasteiger partial charge on any atom is 0.303 e. The second kappa shape index (κ2) is 5.79. The van der Waals surface area contributed by atoms with Gasteiger partial charge in [0.2, 0.25) is 5.91 Å². The first-order chi connectivity index (χ1) is 9.08. The highest BCUT2D eigenvalue weighted by molar-refractivity contribution is 5.95. The van der Waals surface area contributed by atoms with Crippen LogP contribution >= 0.6 is 0 Å². The van der Waals surface area contributed by atoms with E-state index in [1.165, 1.54) is 11.0 Å². The predicted molar refractivity (Wildman–Crippen MR) is 67.4 cm³/mol. The third-order valence-electron chi connectivity index (χ3n) is 3.10. The van der Waals surface area contributed by atoms with Gasteiger partial charge in [0.15, 0.2) is 0 Å². The molecule has 5 nitrogen and oxygen atoms in total. The molecule has 1 aliphatic rings. The minimum absolute atomic E-state index is 0.0248. The van der Waals surface area contributed by atoms with Crippen LogP contribution in [-0.4, -0.2) is 36.1 Å². The molecule has 2 N–H and O–H groups in total. The molecule has 1 fully saturated rings. The summed E-state index contributed by atoms with van der Waals surface area (Å²) in [6.45, 7) is 0.381. The number of hydrogen-bond donors (Lipinski definition) is 2. The second-order valence-electron chi connectivity index (χ2n) is 4.47. The van der Waals surface area contributed by atoms with Gasteiger partial charge in [-0.2, -0.15) is 0 Å². The van der Waals surface area contributed by atoms with Gasteiger partial charge in [0.25, 0.3) is 0 Å². The van der Waals surface area contributed by atoms with E-state index in [0.717, 1.165) is 0 Å². The Bertz CT molecular complexity index is 493. The van der Waals surface area contributed by atoms with Crippen molar-refractivity contribution in [2.75, 3.05) is 18.0 Å². The van der Waals surface area contributed by atoms with Crippen LogP contribution in [0.5, 0.6) is 0 Å². The van der Waals surface area contributed by atoms with Gasteiger partial charge >= 0.3 is 5.97 Å². The minimum atomic E-state index is -0.879. The monoisotopic (exact) mass is 266 g/mol. The van der Waals surface area contributed by atoms with Crippen LogP contribution < -0.4 is 10.2 Å². The summed E-state index contributed by atoms with van der Waals surface area (Å²) in [5, 5.41) is 11.6. The number of halogens is 1. The highest BCUT2D eigenvalue weighted by Crippen LogP contribution is 2.21. The van der Waals surface area contributed by atoms with Crippen molar-refractivity contribution in [2.45, 2.75) is 18.9 Å². The molecule has 0 saturated carbocycles. The first-order valence-electron chi connectivity index (χ1n) is 6.08. The lowest BCUT2D eigenvalue weighted by molar-refractivity contribution is -0.137. The van der Waals surface area contributed by atoms with Crippen molar-refractivity contribution in [3.63, 3.8) is 0 Å². The summed E-state index contributed by atoms with van der Waals surface area (Å²) in [5.41, 5.74) is 0.245. The van der Waals surface area contributed by atoms with E-state index in [-0.39, 0.29) is 37.1 Å². The van der Waals surface area contributed by atoms with E-state index in [1.807, 2.05) is 0 Å². The SMILES string of the molecule is O=C(O)CCC1CN(c2ccccc2F)C(=O)CN1. The van der Waals surface area contributed by atoms with Gasteiger partial charge in [-0.15, -0.1) is 0 Å². The third-order valence-corrected chi connectivity index (χ3v) is 3.10. The van der Waals surface area contributed by atoms with Crippen molar-refractivity contribution in [2.24, 2.45) is 0 Å². The van der Waals surface area contributed by atoms with Crippen LogP contribution in [0.4, 0.5) is 10.1 Å². The fourth-order valence-corrected chi connectivity index (χ4v) is 2.11. The minimum Gasteiger partial charge on any atom is -0.481 e. The average molecular weight is 266 g/mol. The number of carbonyl (C=O) groups excluding carboxylic acids is 1. The maximum atomic E-state index is 13.7. The van der Waals surface area contributed by atoms with Crippen LogP contribution in [0, 0.1) is 5.82 Å². The van der Waals surface area contributed by atoms with E-state index in [9.17, 15) is 14.0 Å². The van der Waals surface area contributed by atoms with Gasteiger partial charge in [-0.05, 0) is 18.6 Å². The van der Waals surface area contributed by atoms with Crippen LogP contribution in [0.2, 0.25) is 0 Å². The number of nitrogens with zero attached hydrogens (tertiary/aromatic N) is 1. The Morgan fingerprint density at radius 2 is 2.21 bits per heavy atom. The number of nitrogens with one attached hydrogen (secondary N) is 1. The summed E-state index contributed by atoms with van der Waals surface area (Å²) in [5.74, 6) is -1.54. The average Bonchev–Trinajstić information content (AvgIpc) is 2.38. The fourth-order valence-electron chi connectivity index (χ4n) is 2.11. The highest BCUT2D eigenvalue weighted by Gasteiger charge is 2.27. The first-order valence-corrected chi connectivity index (χ1v) is 6.08. The van der Waals surface area contributed by atoms with Gasteiger partial charge in [0.1, 0.15) is 5.82 Å². The van der Waals surface area contributed by atoms with Crippen molar-refractivity contribution >= 4 is 17.6 Å². The number of anilines is 1. The number of aliphatic carboxylic acids is 1. The number of piperazine rings is 1. The number of benzene rings is 1. The van der Waals surface area contributed by atoms with Gasteiger partial charge in [-0.25, -0.2) is 4.39 Å². The predicted octanol–water partition coefficient (Wildman–Crippen LogP) is 0.995. The lowest BCUT2D eigenvalue weighted by Gasteiger charge is -2.33. The van der Waals surface area contributed by atoms with Gasteiger partial charge in [0, 0.05) is 19.0 Å². The van der Waals surface area contributed by atoms with Crippen LogP contribution in [0.3, 0.4) is 0 Å². The molecule has 1 heterocycles. The lowest BCUT2D eigenvalue weighted by atomic mass is 10.1. The number of carbonyl (C=O) groups is 2. The molecule has 0 aromatic heterocycles. The molecule has 0 bridgehead atoms. The van der Waals surface area contributed by atoms with E-state index >= 15 is 0 Å². The Labute approximate surface area is 110 Å². The van der Waals surface area contributed by atoms with Gasteiger partial charge in [-0.1, -0.05) is 12.1 Å². The second-order valence-corrected chi connectivity index (χ2v) is 4.47. The molecule has 1 saturated heterocycles. The molecule has 1 unspecified atom stereocenters. The van der Waals surface area contributed by atoms with Crippen molar-refractivity contribution in [3.05, 3.63) is 30.1 Å². The molecule has 1 aliphatic heterocycles. The highest BCUT2D eigenvalue weighted by atomic mass is 19.1. The van der Waals surface area contributed by atoms with Gasteiger partial charge in [0.05, 0.1) is 12.2 Å². The number of amides is 1. The van der Waals surface area contributed by atoms with Gasteiger partial charge in [-0.3, -0.25) is 9.59 Å². The largest absolute Gasteiger partial charge is 0.481 e. The van der Waals surface area contributed by atoms with E-state index in [4.69, 9.17) is 5.11 Å². The quantitative estimate of drug-likeness (QED) is 0.853. The summed E-state index contributed by atoms with van der Waals surface area (Å²) >= 11 is 0. The number of rotatable bonds is 4. The Kier molecular flexibility index (Phi) is 4.11. The number of para-hydroxylation sites is 1. The van der Waals surface area contributed by atoms with Crippen molar-refractivity contribution in [1.29, 1.82) is 0 Å². The molecule has 102 valence electrons. The summed E-state index contributed by atoms with van der Waals surface area (Å²) in [6, 6.07) is 5.95. The summed E-state index contributed by atoms with van der Waals surface area (Å²) < 4.78 is 13.7. The molecule has 0 radical (unpaired) electrons. The van der Waals surface area contributed by atoms with E-state index in [0.29, 0.717) is 6.42 Å². The van der Waals surface area contributed by atoms with Crippen LogP contribution in [0.1, 0.15) is 12.8 Å². The molecule has 19 heavy (non-hydrogen) atoms. The van der Waals surface area contributed by atoms with Crippen LogP contribution in [-0.2, 0) is 9.59 Å². The zero-order valence-corrected chi connectivity index (χ0v) is 10.3. The molecule has 1 aromatic rings. The standard InChI is InChI=1S/C13H15FN2O3/c14-10-3-1-2-4-11(10)16-8-9(5-6-13(18)19)15-7-12(16)17/h1-4,9,15H,5-8H2,(H,18,19). The molecule has 1 aromatic carbocycles. The van der Waals surface area contributed by atoms with Crippen molar-refractivity contribution in [3.8, 4) is 0 Å². The summed E-state index contributed by atoms with van der Waals surface area (Å²) in [6.07, 6.45) is 0.435. The number of carboxylic acids is 1. The smallest absolute Gasteiger partial charge is 0.303 e. The van der Waals surface area contributed by atoms with Crippen molar-refractivity contribution < 1.29 is 19.1 Å². The van der Waals surface area contributed by atoms with E-state index < -0.39 is 11.8 Å². The zero-order valence-electron chi connectivity index (χ0n) is 10.3. The summed E-state index contributed by atoms with van der Waals surface area (Å²) in [7, 11) is 0. The Morgan fingerprint density at radius 3 is 2.89 bits per heavy atom. The summed E-state index contributed by atoms with van der Waals surface area (Å²) in [4.78, 5) is 23.7. The molecule has 0 aliphatic carbocycles. The Morgan fingerprint density at radius 1 is 1.47 bits per heavy atom. The maximum absolute atomic E-state index is 13.7. The van der Waals surface area contributed by atoms with E-state index in [2.05, 4.69) is 5.32 Å². The van der Waals surface area contributed by atoms with Crippen LogP contribution in [0.25, 0.3) is 0 Å².